The van der Waals surface area contributed by atoms with Crippen LogP contribution in [0.3, 0.4) is 0 Å². The highest BCUT2D eigenvalue weighted by atomic mass is 32.2. The van der Waals surface area contributed by atoms with Gasteiger partial charge in [-0.3, -0.25) is 14.9 Å². The summed E-state index contributed by atoms with van der Waals surface area (Å²) in [4.78, 5) is 26.3. The summed E-state index contributed by atoms with van der Waals surface area (Å²) in [5, 5.41) is 7.14. The zero-order chi connectivity index (χ0) is 17.8. The van der Waals surface area contributed by atoms with Crippen molar-refractivity contribution >= 4 is 40.2 Å². The summed E-state index contributed by atoms with van der Waals surface area (Å²) >= 11 is 1.73. The molecular weight excluding hydrogens is 336 g/mol. The van der Waals surface area contributed by atoms with Gasteiger partial charge in [0.2, 0.25) is 11.8 Å². The number of thioether (sulfide) groups is 1. The molecule has 2 aromatic rings. The number of nitrogens with zero attached hydrogens (tertiary/aromatic N) is 2. The van der Waals surface area contributed by atoms with Crippen molar-refractivity contribution in [3.8, 4) is 0 Å². The Morgan fingerprint density at radius 2 is 2.12 bits per heavy atom. The fourth-order valence-corrected chi connectivity index (χ4v) is 3.97. The van der Waals surface area contributed by atoms with Crippen molar-refractivity contribution in [1.82, 2.24) is 14.8 Å². The quantitative estimate of drug-likeness (QED) is 0.828. The monoisotopic (exact) mass is 360 g/mol. The van der Waals surface area contributed by atoms with E-state index in [9.17, 15) is 9.59 Å². The van der Waals surface area contributed by atoms with E-state index in [0.717, 1.165) is 41.3 Å². The second-order valence-electron chi connectivity index (χ2n) is 6.04. The summed E-state index contributed by atoms with van der Waals surface area (Å²) in [5.74, 6) is 1.74. The van der Waals surface area contributed by atoms with Crippen LogP contribution in [-0.2, 0) is 16.1 Å². The summed E-state index contributed by atoms with van der Waals surface area (Å²) in [5.41, 5.74) is 1.78. The van der Waals surface area contributed by atoms with E-state index in [2.05, 4.69) is 10.6 Å². The highest BCUT2D eigenvalue weighted by molar-refractivity contribution is 7.99. The van der Waals surface area contributed by atoms with Gasteiger partial charge in [0.15, 0.2) is 0 Å². The first-order valence-electron chi connectivity index (χ1n) is 8.61. The third-order valence-electron chi connectivity index (χ3n) is 4.49. The minimum absolute atomic E-state index is 0.000457. The molecule has 25 heavy (non-hydrogen) atoms. The van der Waals surface area contributed by atoms with Crippen LogP contribution in [0.1, 0.15) is 13.8 Å². The molecule has 1 aliphatic rings. The molecule has 1 unspecified atom stereocenters. The molecule has 1 aliphatic heterocycles. The van der Waals surface area contributed by atoms with Crippen LogP contribution < -0.4 is 10.6 Å². The van der Waals surface area contributed by atoms with Crippen molar-refractivity contribution in [3.05, 3.63) is 30.5 Å². The van der Waals surface area contributed by atoms with E-state index in [1.54, 1.807) is 11.8 Å². The van der Waals surface area contributed by atoms with Crippen molar-refractivity contribution in [2.45, 2.75) is 26.4 Å². The summed E-state index contributed by atoms with van der Waals surface area (Å²) in [6.45, 7) is 5.75. The highest BCUT2D eigenvalue weighted by Gasteiger charge is 2.22. The molecule has 1 saturated heterocycles. The first-order chi connectivity index (χ1) is 12.1. The normalized spacial score (nSPS) is 17.0. The average molecular weight is 360 g/mol. The Kier molecular flexibility index (Phi) is 5.65. The van der Waals surface area contributed by atoms with Crippen LogP contribution in [0.15, 0.2) is 30.5 Å². The second kappa shape index (κ2) is 7.93. The number of aromatic nitrogens is 1. The van der Waals surface area contributed by atoms with Crippen LogP contribution in [0.2, 0.25) is 0 Å². The maximum absolute atomic E-state index is 12.3. The van der Waals surface area contributed by atoms with E-state index in [1.807, 2.05) is 53.8 Å². The topological polar surface area (TPSA) is 66.4 Å². The van der Waals surface area contributed by atoms with E-state index >= 15 is 0 Å². The molecule has 0 spiro atoms. The molecular formula is C18H24N4O2S. The molecule has 134 valence electrons. The number of fused-ring (bicyclic) bond motifs is 1. The van der Waals surface area contributed by atoms with Crippen LogP contribution in [-0.4, -0.2) is 52.0 Å². The number of hydrogen-bond donors (Lipinski definition) is 2. The van der Waals surface area contributed by atoms with Crippen molar-refractivity contribution in [2.24, 2.45) is 0 Å². The molecule has 1 aromatic heterocycles. The highest BCUT2D eigenvalue weighted by Crippen LogP contribution is 2.21. The molecule has 0 saturated carbocycles. The Morgan fingerprint density at radius 3 is 2.80 bits per heavy atom. The number of rotatable bonds is 6. The predicted octanol–water partition coefficient (Wildman–Crippen LogP) is 2.11. The number of benzene rings is 1. The van der Waals surface area contributed by atoms with E-state index in [0.29, 0.717) is 6.54 Å². The van der Waals surface area contributed by atoms with Gasteiger partial charge in [-0.05, 0) is 38.1 Å². The molecule has 2 heterocycles. The van der Waals surface area contributed by atoms with Gasteiger partial charge in [-0.15, -0.1) is 11.8 Å². The maximum atomic E-state index is 12.3. The first-order valence-corrected chi connectivity index (χ1v) is 9.76. The fraction of sp³-hybridized carbons (Fsp3) is 0.444. The lowest BCUT2D eigenvalue weighted by atomic mass is 10.2. The van der Waals surface area contributed by atoms with Gasteiger partial charge in [0.1, 0.15) is 6.54 Å². The number of carbonyl (C=O) groups is 2. The third kappa shape index (κ3) is 3.99. The van der Waals surface area contributed by atoms with Gasteiger partial charge in [0.05, 0.1) is 6.04 Å². The summed E-state index contributed by atoms with van der Waals surface area (Å²) in [6.07, 6.45) is 1.92. The molecule has 2 N–H and O–H groups in total. The minimum Gasteiger partial charge on any atom is -0.342 e. The Hall–Kier alpha value is -1.99. The smallest absolute Gasteiger partial charge is 0.242 e. The molecule has 7 heteroatoms. The van der Waals surface area contributed by atoms with Crippen molar-refractivity contribution in [1.29, 1.82) is 0 Å². The van der Waals surface area contributed by atoms with Gasteiger partial charge in [0, 0.05) is 47.5 Å². The Morgan fingerprint density at radius 1 is 1.32 bits per heavy atom. The fourth-order valence-electron chi connectivity index (χ4n) is 3.03. The lowest BCUT2D eigenvalue weighted by Gasteiger charge is -2.19. The average Bonchev–Trinajstić information content (AvgIpc) is 3.26. The van der Waals surface area contributed by atoms with Crippen LogP contribution in [0.4, 0.5) is 5.69 Å². The standard InChI is InChI=1S/C18H24N4O2S/c1-3-21(4-2)17(23)10-22-8-7-13-9-14(5-6-16(13)22)20-18(24)15-11-25-12-19-15/h5-9,15,19H,3-4,10-12H2,1-2H3,(H,20,24). The van der Waals surface area contributed by atoms with Gasteiger partial charge >= 0.3 is 0 Å². The van der Waals surface area contributed by atoms with Crippen LogP contribution in [0.5, 0.6) is 0 Å². The van der Waals surface area contributed by atoms with Crippen LogP contribution in [0, 0.1) is 0 Å². The second-order valence-corrected chi connectivity index (χ2v) is 7.07. The number of likely N-dealkylation sites (N-methyl/N-ethyl adjacent to an activating group) is 1. The molecule has 6 nitrogen and oxygen atoms in total. The maximum Gasteiger partial charge on any atom is 0.242 e. The number of hydrogen-bond acceptors (Lipinski definition) is 4. The summed E-state index contributed by atoms with van der Waals surface area (Å²) in [7, 11) is 0. The van der Waals surface area contributed by atoms with Crippen molar-refractivity contribution in [2.75, 3.05) is 30.0 Å². The molecule has 0 bridgehead atoms. The van der Waals surface area contributed by atoms with Gasteiger partial charge in [-0.2, -0.15) is 0 Å². The molecule has 3 rings (SSSR count). The van der Waals surface area contributed by atoms with E-state index in [4.69, 9.17) is 0 Å². The van der Waals surface area contributed by atoms with Crippen LogP contribution in [0.25, 0.3) is 10.9 Å². The first kappa shape index (κ1) is 17.8. The number of carbonyl (C=O) groups excluding carboxylic acids is 2. The lowest BCUT2D eigenvalue weighted by Crippen LogP contribution is -2.37. The zero-order valence-electron chi connectivity index (χ0n) is 14.6. The predicted molar refractivity (Wildman–Crippen MR) is 103 cm³/mol. The molecule has 0 aliphatic carbocycles. The molecule has 1 fully saturated rings. The van der Waals surface area contributed by atoms with Crippen molar-refractivity contribution in [3.63, 3.8) is 0 Å². The summed E-state index contributed by atoms with van der Waals surface area (Å²) < 4.78 is 1.96. The minimum atomic E-state index is -0.128. The summed E-state index contributed by atoms with van der Waals surface area (Å²) in [6, 6.07) is 7.65. The number of nitrogens with one attached hydrogen (secondary N) is 2. The lowest BCUT2D eigenvalue weighted by molar-refractivity contribution is -0.131. The van der Waals surface area contributed by atoms with E-state index in [-0.39, 0.29) is 17.9 Å². The Labute approximate surface area is 151 Å². The number of amides is 2. The van der Waals surface area contributed by atoms with Crippen molar-refractivity contribution < 1.29 is 9.59 Å². The third-order valence-corrected chi connectivity index (χ3v) is 5.43. The van der Waals surface area contributed by atoms with Gasteiger partial charge < -0.3 is 14.8 Å². The largest absolute Gasteiger partial charge is 0.342 e. The Bertz CT molecular complexity index is 764. The van der Waals surface area contributed by atoms with Gasteiger partial charge in [-0.25, -0.2) is 0 Å². The van der Waals surface area contributed by atoms with Crippen LogP contribution >= 0.6 is 11.8 Å². The van der Waals surface area contributed by atoms with Gasteiger partial charge in [0.25, 0.3) is 0 Å². The Balaban J connectivity index is 1.72. The zero-order valence-corrected chi connectivity index (χ0v) is 15.4. The SMILES string of the molecule is CCN(CC)C(=O)Cn1ccc2cc(NC(=O)C3CSCN3)ccc21. The van der Waals surface area contributed by atoms with Gasteiger partial charge in [-0.1, -0.05) is 0 Å². The number of anilines is 1. The molecule has 2 amide bonds. The molecule has 1 atom stereocenters. The molecule has 1 aromatic carbocycles. The van der Waals surface area contributed by atoms with E-state index in [1.165, 1.54) is 0 Å². The molecule has 0 radical (unpaired) electrons. The van der Waals surface area contributed by atoms with E-state index < -0.39 is 0 Å².